The largest absolute Gasteiger partial charge is 0.376 e. The number of anilines is 1. The molecule has 5 rings (SSSR count). The normalized spacial score (nSPS) is 17.5. The number of amides is 2. The smallest absolute Gasteiger partial charge is 0.242 e. The molecule has 8 heteroatoms. The maximum absolute atomic E-state index is 13.1. The number of hydrogen-bond donors (Lipinski definition) is 0. The van der Waals surface area contributed by atoms with Crippen molar-refractivity contribution in [2.75, 3.05) is 50.8 Å². The lowest BCUT2D eigenvalue weighted by atomic mass is 10.0. The van der Waals surface area contributed by atoms with Crippen LogP contribution in [0.2, 0.25) is 0 Å². The molecule has 2 aliphatic heterocycles. The van der Waals surface area contributed by atoms with Gasteiger partial charge in [0.25, 0.3) is 0 Å². The Kier molecular flexibility index (Phi) is 8.51. The van der Waals surface area contributed by atoms with Crippen LogP contribution in [0.25, 0.3) is 22.4 Å². The van der Waals surface area contributed by atoms with E-state index >= 15 is 0 Å². The highest BCUT2D eigenvalue weighted by Crippen LogP contribution is 2.24. The van der Waals surface area contributed by atoms with Crippen molar-refractivity contribution < 1.29 is 14.3 Å². The first-order chi connectivity index (χ1) is 19.0. The summed E-state index contributed by atoms with van der Waals surface area (Å²) >= 11 is 0. The molecule has 1 aromatic heterocycles. The second-order valence-electron chi connectivity index (χ2n) is 10.6. The topological polar surface area (TPSA) is 78.9 Å². The van der Waals surface area contributed by atoms with E-state index in [1.807, 2.05) is 49.1 Å². The van der Waals surface area contributed by atoms with Gasteiger partial charge >= 0.3 is 0 Å². The lowest BCUT2D eigenvalue weighted by molar-refractivity contribution is -0.143. The number of hydrogen-bond acceptors (Lipinski definition) is 6. The molecule has 8 nitrogen and oxygen atoms in total. The molecular formula is C31H37N5O3. The average Bonchev–Trinajstić information content (AvgIpc) is 3.50. The van der Waals surface area contributed by atoms with E-state index in [0.29, 0.717) is 32.7 Å². The van der Waals surface area contributed by atoms with Gasteiger partial charge in [-0.05, 0) is 36.1 Å². The third-order valence-corrected chi connectivity index (χ3v) is 7.47. The van der Waals surface area contributed by atoms with Crippen molar-refractivity contribution >= 4 is 17.6 Å². The van der Waals surface area contributed by atoms with Crippen LogP contribution in [-0.4, -0.2) is 83.8 Å². The van der Waals surface area contributed by atoms with Crippen LogP contribution in [-0.2, 0) is 14.3 Å². The average molecular weight is 528 g/mol. The zero-order chi connectivity index (χ0) is 27.2. The van der Waals surface area contributed by atoms with Crippen LogP contribution in [0.5, 0.6) is 0 Å². The molecule has 2 aliphatic rings. The van der Waals surface area contributed by atoms with Crippen LogP contribution < -0.4 is 4.90 Å². The molecule has 2 fully saturated rings. The first-order valence-electron chi connectivity index (χ1n) is 13.9. The van der Waals surface area contributed by atoms with Gasteiger partial charge in [0.1, 0.15) is 0 Å². The third-order valence-electron chi connectivity index (χ3n) is 7.47. The van der Waals surface area contributed by atoms with Crippen LogP contribution in [0.1, 0.15) is 26.7 Å². The maximum Gasteiger partial charge on any atom is 0.242 e. The van der Waals surface area contributed by atoms with Gasteiger partial charge in [-0.15, -0.1) is 10.2 Å². The summed E-state index contributed by atoms with van der Waals surface area (Å²) in [6, 6.07) is 22.6. The van der Waals surface area contributed by atoms with Crippen molar-refractivity contribution in [3.8, 4) is 22.4 Å². The Balaban J connectivity index is 1.15. The van der Waals surface area contributed by atoms with Gasteiger partial charge in [-0.3, -0.25) is 9.59 Å². The molecule has 39 heavy (non-hydrogen) atoms. The molecule has 2 saturated heterocycles. The first kappa shape index (κ1) is 26.8. The highest BCUT2D eigenvalue weighted by molar-refractivity contribution is 5.86. The van der Waals surface area contributed by atoms with Crippen molar-refractivity contribution in [1.82, 2.24) is 20.0 Å². The highest BCUT2D eigenvalue weighted by atomic mass is 16.5. The zero-order valence-electron chi connectivity index (χ0n) is 22.8. The van der Waals surface area contributed by atoms with Gasteiger partial charge in [0.05, 0.1) is 18.3 Å². The minimum atomic E-state index is -0.153. The van der Waals surface area contributed by atoms with E-state index in [1.165, 1.54) is 11.1 Å². The van der Waals surface area contributed by atoms with Crippen LogP contribution in [0.15, 0.2) is 66.7 Å². The molecule has 2 amide bonds. The van der Waals surface area contributed by atoms with Gasteiger partial charge < -0.3 is 19.4 Å². The second-order valence-corrected chi connectivity index (χ2v) is 10.6. The van der Waals surface area contributed by atoms with Gasteiger partial charge in [-0.1, -0.05) is 68.4 Å². The summed E-state index contributed by atoms with van der Waals surface area (Å²) in [5.41, 5.74) is 4.20. The quantitative estimate of drug-likeness (QED) is 0.439. The molecule has 1 unspecified atom stereocenters. The summed E-state index contributed by atoms with van der Waals surface area (Å²) in [6.45, 7) is 7.60. The Hall–Kier alpha value is -3.78. The monoisotopic (exact) mass is 527 g/mol. The van der Waals surface area contributed by atoms with E-state index in [4.69, 9.17) is 4.74 Å². The van der Waals surface area contributed by atoms with Crippen molar-refractivity contribution in [3.63, 3.8) is 0 Å². The van der Waals surface area contributed by atoms with Gasteiger partial charge in [0.2, 0.25) is 11.8 Å². The molecule has 0 aliphatic carbocycles. The molecule has 2 aromatic carbocycles. The zero-order valence-corrected chi connectivity index (χ0v) is 22.8. The van der Waals surface area contributed by atoms with Gasteiger partial charge in [0, 0.05) is 50.8 Å². The molecule has 3 heterocycles. The summed E-state index contributed by atoms with van der Waals surface area (Å²) in [4.78, 5) is 31.6. The molecule has 0 bridgehead atoms. The van der Waals surface area contributed by atoms with Crippen LogP contribution >= 0.6 is 0 Å². The predicted molar refractivity (Wildman–Crippen MR) is 152 cm³/mol. The fraction of sp³-hybridized carbons (Fsp3) is 0.419. The number of ether oxygens (including phenoxy) is 1. The Labute approximate surface area is 230 Å². The number of aromatic nitrogens is 2. The molecule has 0 saturated carbocycles. The number of piperazine rings is 1. The molecule has 3 aromatic rings. The number of carbonyl (C=O) groups is 2. The summed E-state index contributed by atoms with van der Waals surface area (Å²) in [5, 5.41) is 8.96. The molecular weight excluding hydrogens is 490 g/mol. The molecule has 0 N–H and O–H groups in total. The van der Waals surface area contributed by atoms with Gasteiger partial charge in [-0.25, -0.2) is 0 Å². The Morgan fingerprint density at radius 1 is 0.897 bits per heavy atom. The van der Waals surface area contributed by atoms with Gasteiger partial charge in [-0.2, -0.15) is 0 Å². The summed E-state index contributed by atoms with van der Waals surface area (Å²) in [5.74, 6) is 0.644. The van der Waals surface area contributed by atoms with E-state index in [-0.39, 0.29) is 30.4 Å². The lowest BCUT2D eigenvalue weighted by Crippen LogP contribution is -2.53. The van der Waals surface area contributed by atoms with Crippen molar-refractivity contribution in [1.29, 1.82) is 0 Å². The van der Waals surface area contributed by atoms with E-state index in [2.05, 4.69) is 51.5 Å². The van der Waals surface area contributed by atoms with E-state index in [1.54, 1.807) is 4.90 Å². The van der Waals surface area contributed by atoms with E-state index in [9.17, 15) is 9.59 Å². The highest BCUT2D eigenvalue weighted by Gasteiger charge is 2.29. The summed E-state index contributed by atoms with van der Waals surface area (Å²) in [7, 11) is 0. The fourth-order valence-electron chi connectivity index (χ4n) is 5.19. The number of benzene rings is 2. The Bertz CT molecular complexity index is 1230. The maximum atomic E-state index is 13.1. The minimum absolute atomic E-state index is 0.00237. The SMILES string of the molecule is CC(C)C(=O)N(CC(=O)N1CCN(c2ccc(-c3ccc(-c4ccccc4)cc3)nn2)CC1)CC1CCCO1. The van der Waals surface area contributed by atoms with Gasteiger partial charge in [0.15, 0.2) is 5.82 Å². The van der Waals surface area contributed by atoms with E-state index in [0.717, 1.165) is 36.5 Å². The third kappa shape index (κ3) is 6.63. The predicted octanol–water partition coefficient (Wildman–Crippen LogP) is 4.12. The minimum Gasteiger partial charge on any atom is -0.376 e. The molecule has 0 spiro atoms. The fourth-order valence-corrected chi connectivity index (χ4v) is 5.19. The molecule has 0 radical (unpaired) electrons. The molecule has 204 valence electrons. The van der Waals surface area contributed by atoms with Crippen molar-refractivity contribution in [2.45, 2.75) is 32.8 Å². The molecule has 1 atom stereocenters. The van der Waals surface area contributed by atoms with Crippen LogP contribution in [0, 0.1) is 5.92 Å². The second kappa shape index (κ2) is 12.4. The Morgan fingerprint density at radius 2 is 1.59 bits per heavy atom. The van der Waals surface area contributed by atoms with Crippen molar-refractivity contribution in [2.24, 2.45) is 5.92 Å². The van der Waals surface area contributed by atoms with Crippen LogP contribution in [0.3, 0.4) is 0 Å². The van der Waals surface area contributed by atoms with Crippen molar-refractivity contribution in [3.05, 3.63) is 66.7 Å². The Morgan fingerprint density at radius 3 is 2.21 bits per heavy atom. The lowest BCUT2D eigenvalue weighted by Gasteiger charge is -2.36. The standard InChI is InChI=1S/C31H37N5O3/c1-23(2)31(38)36(21-27-9-6-20-39-27)22-30(37)35-18-16-34(17-19-35)29-15-14-28(32-33-29)26-12-10-25(11-13-26)24-7-4-3-5-8-24/h3-5,7-8,10-15,23,27H,6,9,16-22H2,1-2H3. The number of carbonyl (C=O) groups excluding carboxylic acids is 2. The van der Waals surface area contributed by atoms with E-state index < -0.39 is 0 Å². The number of rotatable bonds is 8. The summed E-state index contributed by atoms with van der Waals surface area (Å²) in [6.07, 6.45) is 1.98. The number of nitrogens with zero attached hydrogens (tertiary/aromatic N) is 5. The summed E-state index contributed by atoms with van der Waals surface area (Å²) < 4.78 is 5.73. The van der Waals surface area contributed by atoms with Crippen LogP contribution in [0.4, 0.5) is 5.82 Å². The first-order valence-corrected chi connectivity index (χ1v) is 13.9.